The van der Waals surface area contributed by atoms with E-state index in [4.69, 9.17) is 4.74 Å². The molecular weight excluding hydrogens is 432 g/mol. The number of nitrogens with zero attached hydrogens (tertiary/aromatic N) is 2. The molecule has 3 aromatic rings. The second-order valence-corrected chi connectivity index (χ2v) is 9.41. The van der Waals surface area contributed by atoms with Crippen molar-refractivity contribution in [3.8, 4) is 5.75 Å². The lowest BCUT2D eigenvalue weighted by molar-refractivity contribution is -0.134. The average Bonchev–Trinajstić information content (AvgIpc) is 3.32. The van der Waals surface area contributed by atoms with Crippen molar-refractivity contribution in [1.82, 2.24) is 9.80 Å². The number of thiophene rings is 1. The van der Waals surface area contributed by atoms with Crippen molar-refractivity contribution in [3.63, 3.8) is 0 Å². The zero-order chi connectivity index (χ0) is 23.4. The molecule has 0 bridgehead atoms. The Morgan fingerprint density at radius 2 is 1.82 bits per heavy atom. The summed E-state index contributed by atoms with van der Waals surface area (Å²) < 4.78 is 5.20. The molecule has 5 nitrogen and oxygen atoms in total. The molecule has 172 valence electrons. The lowest BCUT2D eigenvalue weighted by Gasteiger charge is -2.37. The van der Waals surface area contributed by atoms with Crippen LogP contribution in [0, 0.1) is 6.92 Å². The molecule has 0 saturated carbocycles. The molecule has 1 atom stereocenters. The summed E-state index contributed by atoms with van der Waals surface area (Å²) in [6, 6.07) is 17.5. The van der Waals surface area contributed by atoms with E-state index >= 15 is 0 Å². The van der Waals surface area contributed by atoms with Crippen molar-refractivity contribution in [1.29, 1.82) is 0 Å². The molecule has 4 rings (SSSR count). The van der Waals surface area contributed by atoms with Gasteiger partial charge in [-0.25, -0.2) is 0 Å². The van der Waals surface area contributed by atoms with Gasteiger partial charge in [-0.1, -0.05) is 36.8 Å². The summed E-state index contributed by atoms with van der Waals surface area (Å²) in [6.07, 6.45) is 1.63. The number of ether oxygens (including phenoxy) is 1. The van der Waals surface area contributed by atoms with E-state index in [0.717, 1.165) is 18.4 Å². The summed E-state index contributed by atoms with van der Waals surface area (Å²) in [5.41, 5.74) is 4.06. The first-order chi connectivity index (χ1) is 16.0. The van der Waals surface area contributed by atoms with Crippen molar-refractivity contribution in [2.45, 2.75) is 32.7 Å². The van der Waals surface area contributed by atoms with Gasteiger partial charge in [0.25, 0.3) is 5.91 Å². The third-order valence-electron chi connectivity index (χ3n) is 6.12. The minimum atomic E-state index is -0.132. The van der Waals surface area contributed by atoms with Crippen LogP contribution in [0.25, 0.3) is 0 Å². The molecule has 1 unspecified atom stereocenters. The molecule has 0 saturated heterocycles. The minimum Gasteiger partial charge on any atom is -0.497 e. The van der Waals surface area contributed by atoms with Gasteiger partial charge in [-0.05, 0) is 66.6 Å². The Morgan fingerprint density at radius 3 is 2.48 bits per heavy atom. The van der Waals surface area contributed by atoms with Gasteiger partial charge in [0, 0.05) is 23.5 Å². The maximum atomic E-state index is 13.6. The number of hydrogen-bond acceptors (Lipinski definition) is 4. The van der Waals surface area contributed by atoms with Gasteiger partial charge in [0.15, 0.2) is 0 Å². The number of carbonyl (C=O) groups is 2. The van der Waals surface area contributed by atoms with E-state index in [-0.39, 0.29) is 24.4 Å². The third kappa shape index (κ3) is 4.96. The fourth-order valence-electron chi connectivity index (χ4n) is 4.39. The molecule has 1 aliphatic heterocycles. The summed E-state index contributed by atoms with van der Waals surface area (Å²) in [5, 5.41) is 2.11. The van der Waals surface area contributed by atoms with E-state index in [1.807, 2.05) is 11.8 Å². The highest BCUT2D eigenvalue weighted by atomic mass is 32.1. The Bertz CT molecular complexity index is 1110. The van der Waals surface area contributed by atoms with Crippen molar-refractivity contribution in [2.75, 3.05) is 26.7 Å². The fourth-order valence-corrected chi connectivity index (χ4v) is 5.29. The average molecular weight is 463 g/mol. The first-order valence-corrected chi connectivity index (χ1v) is 12.3. The number of amides is 2. The maximum absolute atomic E-state index is 13.6. The van der Waals surface area contributed by atoms with Gasteiger partial charge in [0.2, 0.25) is 5.91 Å². The SMILES string of the molecule is CCCN(CC(=O)N1CCc2sccc2C1c1ccc(C)cc1)C(=O)c1ccc(OC)cc1. The molecule has 6 heteroatoms. The first kappa shape index (κ1) is 23.1. The van der Waals surface area contributed by atoms with E-state index in [2.05, 4.69) is 42.6 Å². The van der Waals surface area contributed by atoms with Gasteiger partial charge >= 0.3 is 0 Å². The Hall–Kier alpha value is -3.12. The predicted molar refractivity (Wildman–Crippen MR) is 132 cm³/mol. The van der Waals surface area contributed by atoms with Crippen LogP contribution in [-0.2, 0) is 11.2 Å². The molecular formula is C27H30N2O3S. The van der Waals surface area contributed by atoms with E-state index in [1.165, 1.54) is 16.0 Å². The van der Waals surface area contributed by atoms with Crippen LogP contribution in [0.4, 0.5) is 0 Å². The molecule has 0 aliphatic carbocycles. The van der Waals surface area contributed by atoms with E-state index in [0.29, 0.717) is 24.4 Å². The molecule has 2 amide bonds. The molecule has 1 aromatic heterocycles. The van der Waals surface area contributed by atoms with Crippen LogP contribution in [0.15, 0.2) is 60.0 Å². The van der Waals surface area contributed by atoms with E-state index in [1.54, 1.807) is 47.6 Å². The molecule has 2 heterocycles. The first-order valence-electron chi connectivity index (χ1n) is 11.4. The summed E-state index contributed by atoms with van der Waals surface area (Å²) in [4.78, 5) is 31.8. The highest BCUT2D eigenvalue weighted by molar-refractivity contribution is 7.10. The Kier molecular flexibility index (Phi) is 7.14. The number of rotatable bonds is 7. The number of fused-ring (bicyclic) bond motifs is 1. The molecule has 0 spiro atoms. The third-order valence-corrected chi connectivity index (χ3v) is 7.12. The van der Waals surface area contributed by atoms with Crippen molar-refractivity contribution >= 4 is 23.2 Å². The molecule has 33 heavy (non-hydrogen) atoms. The van der Waals surface area contributed by atoms with E-state index in [9.17, 15) is 9.59 Å². The Morgan fingerprint density at radius 1 is 1.09 bits per heavy atom. The number of benzene rings is 2. The topological polar surface area (TPSA) is 49.9 Å². The second-order valence-electron chi connectivity index (χ2n) is 8.40. The van der Waals surface area contributed by atoms with Crippen LogP contribution >= 0.6 is 11.3 Å². The van der Waals surface area contributed by atoms with Crippen LogP contribution < -0.4 is 4.74 Å². The van der Waals surface area contributed by atoms with E-state index < -0.39 is 0 Å². The molecule has 2 aromatic carbocycles. The number of carbonyl (C=O) groups excluding carboxylic acids is 2. The zero-order valence-corrected chi connectivity index (χ0v) is 20.2. The normalized spacial score (nSPS) is 15.1. The van der Waals surface area contributed by atoms with Crippen LogP contribution in [0.5, 0.6) is 5.75 Å². The molecule has 0 fully saturated rings. The van der Waals surface area contributed by atoms with Gasteiger partial charge in [0.05, 0.1) is 13.2 Å². The number of methoxy groups -OCH3 is 1. The van der Waals surface area contributed by atoms with Crippen molar-refractivity contribution in [2.24, 2.45) is 0 Å². The van der Waals surface area contributed by atoms with Crippen LogP contribution in [0.3, 0.4) is 0 Å². The lowest BCUT2D eigenvalue weighted by atomic mass is 9.92. The van der Waals surface area contributed by atoms with Gasteiger partial charge in [-0.2, -0.15) is 0 Å². The zero-order valence-electron chi connectivity index (χ0n) is 19.4. The lowest BCUT2D eigenvalue weighted by Crippen LogP contribution is -2.47. The van der Waals surface area contributed by atoms with Gasteiger partial charge in [0.1, 0.15) is 12.3 Å². The Labute approximate surface area is 199 Å². The van der Waals surface area contributed by atoms with Gasteiger partial charge in [-0.3, -0.25) is 9.59 Å². The van der Waals surface area contributed by atoms with Gasteiger partial charge in [-0.15, -0.1) is 11.3 Å². The number of hydrogen-bond donors (Lipinski definition) is 0. The van der Waals surface area contributed by atoms with Crippen LogP contribution in [-0.4, -0.2) is 48.4 Å². The van der Waals surface area contributed by atoms with Crippen LogP contribution in [0.1, 0.15) is 51.3 Å². The molecule has 1 aliphatic rings. The monoisotopic (exact) mass is 462 g/mol. The summed E-state index contributed by atoms with van der Waals surface area (Å²) in [6.45, 7) is 5.34. The highest BCUT2D eigenvalue weighted by Gasteiger charge is 2.34. The molecule has 0 radical (unpaired) electrons. The van der Waals surface area contributed by atoms with Crippen molar-refractivity contribution in [3.05, 3.63) is 87.1 Å². The summed E-state index contributed by atoms with van der Waals surface area (Å²) in [5.74, 6) is 0.547. The summed E-state index contributed by atoms with van der Waals surface area (Å²) >= 11 is 1.76. The quantitative estimate of drug-likeness (QED) is 0.491. The molecule has 0 N–H and O–H groups in total. The Balaban J connectivity index is 1.58. The second kappa shape index (κ2) is 10.2. The standard InChI is InChI=1S/C27H30N2O3S/c1-4-15-28(27(31)21-9-11-22(32-3)12-10-21)18-25(30)29-16-13-24-23(14-17-33-24)26(29)20-7-5-19(2)6-8-20/h5-12,14,17,26H,4,13,15-16,18H2,1-3H3. The largest absolute Gasteiger partial charge is 0.497 e. The maximum Gasteiger partial charge on any atom is 0.254 e. The van der Waals surface area contributed by atoms with Crippen LogP contribution in [0.2, 0.25) is 0 Å². The smallest absolute Gasteiger partial charge is 0.254 e. The van der Waals surface area contributed by atoms with Crippen molar-refractivity contribution < 1.29 is 14.3 Å². The van der Waals surface area contributed by atoms with Gasteiger partial charge < -0.3 is 14.5 Å². The predicted octanol–water partition coefficient (Wildman–Crippen LogP) is 5.09. The fraction of sp³-hybridized carbons (Fsp3) is 0.333. The minimum absolute atomic E-state index is 0.0206. The highest BCUT2D eigenvalue weighted by Crippen LogP contribution is 2.38. The summed E-state index contributed by atoms with van der Waals surface area (Å²) in [7, 11) is 1.60. The number of aryl methyl sites for hydroxylation is 1.